The number of hydrogen-bond donors (Lipinski definition) is 6. The summed E-state index contributed by atoms with van der Waals surface area (Å²) in [4.78, 5) is 11.7. The summed E-state index contributed by atoms with van der Waals surface area (Å²) in [5.41, 5.74) is 13.3. The van der Waals surface area contributed by atoms with Crippen molar-refractivity contribution < 1.29 is 39.4 Å². The highest BCUT2D eigenvalue weighted by Gasteiger charge is 2.45. The van der Waals surface area contributed by atoms with Crippen molar-refractivity contribution >= 4 is 16.8 Å². The fourth-order valence-electron chi connectivity index (χ4n) is 4.23. The molecule has 5 atom stereocenters. The van der Waals surface area contributed by atoms with Crippen LogP contribution < -0.4 is 20.9 Å². The third kappa shape index (κ3) is 6.01. The number of aliphatic hydroxyl groups is 4. The van der Waals surface area contributed by atoms with Gasteiger partial charge in [-0.1, -0.05) is 24.3 Å². The molecule has 1 amide bonds. The maximum atomic E-state index is 11.7. The molecule has 0 saturated carbocycles. The van der Waals surface area contributed by atoms with Crippen LogP contribution in [-0.2, 0) is 22.5 Å². The number of ether oxygens (including phenoxy) is 3. The Labute approximate surface area is 213 Å². The third-order valence-electron chi connectivity index (χ3n) is 6.15. The van der Waals surface area contributed by atoms with Crippen LogP contribution in [0.4, 0.5) is 0 Å². The van der Waals surface area contributed by atoms with Gasteiger partial charge in [-0.05, 0) is 48.7 Å². The van der Waals surface area contributed by atoms with Gasteiger partial charge in [-0.25, -0.2) is 0 Å². The first-order chi connectivity index (χ1) is 17.8. The molecule has 1 fully saturated rings. The Morgan fingerprint density at radius 1 is 1.08 bits per heavy atom. The van der Waals surface area contributed by atoms with Crippen LogP contribution >= 0.6 is 0 Å². The molecule has 0 spiro atoms. The van der Waals surface area contributed by atoms with Crippen LogP contribution in [0.25, 0.3) is 10.9 Å². The molecule has 8 N–H and O–H groups in total. The van der Waals surface area contributed by atoms with Crippen molar-refractivity contribution in [3.63, 3.8) is 0 Å². The van der Waals surface area contributed by atoms with Crippen molar-refractivity contribution in [1.82, 2.24) is 9.78 Å². The number of rotatable bonds is 11. The molecule has 1 aliphatic heterocycles. The van der Waals surface area contributed by atoms with Gasteiger partial charge in [0.05, 0.1) is 24.1 Å². The summed E-state index contributed by atoms with van der Waals surface area (Å²) in [6.07, 6.45) is -6.10. The largest absolute Gasteiger partial charge is 0.494 e. The molecule has 12 nitrogen and oxygen atoms in total. The Hall–Kier alpha value is -3.26. The van der Waals surface area contributed by atoms with Crippen molar-refractivity contribution in [1.29, 1.82) is 0 Å². The molecule has 0 aliphatic carbocycles. The average molecular weight is 517 g/mol. The summed E-state index contributed by atoms with van der Waals surface area (Å²) >= 11 is 0. The zero-order valence-electron chi connectivity index (χ0n) is 20.1. The minimum Gasteiger partial charge on any atom is -0.494 e. The van der Waals surface area contributed by atoms with Crippen LogP contribution in [-0.4, -0.2) is 86.6 Å². The predicted octanol–water partition coefficient (Wildman–Crippen LogP) is -0.981. The number of nitrogens with zero attached hydrogens (tertiary/aromatic N) is 2. The number of nitrogens with two attached hydrogens (primary N) is 2. The number of amides is 1. The van der Waals surface area contributed by atoms with E-state index < -0.39 is 43.2 Å². The summed E-state index contributed by atoms with van der Waals surface area (Å²) in [6, 6.07) is 13.1. The van der Waals surface area contributed by atoms with E-state index in [1.807, 2.05) is 36.4 Å². The maximum absolute atomic E-state index is 11.7. The minimum absolute atomic E-state index is 0.0397. The van der Waals surface area contributed by atoms with Crippen LogP contribution in [0, 0.1) is 0 Å². The van der Waals surface area contributed by atoms with Crippen LogP contribution in [0.15, 0.2) is 42.5 Å². The molecule has 3 aromatic rings. The van der Waals surface area contributed by atoms with Gasteiger partial charge in [0.25, 0.3) is 0 Å². The van der Waals surface area contributed by atoms with Crippen LogP contribution in [0.3, 0.4) is 0 Å². The first-order valence-electron chi connectivity index (χ1n) is 12.0. The lowest BCUT2D eigenvalue weighted by Gasteiger charge is -2.39. The molecule has 200 valence electrons. The highest BCUT2D eigenvalue weighted by molar-refractivity contribution is 5.89. The third-order valence-corrected chi connectivity index (χ3v) is 6.15. The van der Waals surface area contributed by atoms with E-state index in [1.54, 1.807) is 6.07 Å². The van der Waals surface area contributed by atoms with Crippen molar-refractivity contribution in [3.8, 4) is 11.6 Å². The lowest BCUT2D eigenvalue weighted by atomic mass is 9.99. The first kappa shape index (κ1) is 26.8. The summed E-state index contributed by atoms with van der Waals surface area (Å²) in [5, 5.41) is 45.1. The quantitative estimate of drug-likeness (QED) is 0.172. The number of aromatic nitrogens is 2. The van der Waals surface area contributed by atoms with E-state index in [-0.39, 0.29) is 12.4 Å². The molecule has 37 heavy (non-hydrogen) atoms. The van der Waals surface area contributed by atoms with Crippen molar-refractivity contribution in [2.75, 3.05) is 19.8 Å². The highest BCUT2D eigenvalue weighted by atomic mass is 16.7. The number of hydrogen-bond acceptors (Lipinski definition) is 10. The Kier molecular flexibility index (Phi) is 8.59. The monoisotopic (exact) mass is 516 g/mol. The van der Waals surface area contributed by atoms with Gasteiger partial charge >= 0.3 is 0 Å². The maximum Gasteiger partial charge on any atom is 0.243 e. The fraction of sp³-hybridized carbons (Fsp3) is 0.440. The summed E-state index contributed by atoms with van der Waals surface area (Å²) in [6.45, 7) is 0.275. The van der Waals surface area contributed by atoms with E-state index in [0.717, 1.165) is 23.3 Å². The zero-order chi connectivity index (χ0) is 26.5. The Morgan fingerprint density at radius 3 is 2.51 bits per heavy atom. The van der Waals surface area contributed by atoms with E-state index in [0.29, 0.717) is 30.5 Å². The number of fused-ring (bicyclic) bond motifs is 1. The molecule has 1 aliphatic rings. The second kappa shape index (κ2) is 11.9. The molecule has 2 aromatic carbocycles. The topological polar surface area (TPSA) is 196 Å². The minimum atomic E-state index is -1.62. The number of benzene rings is 2. The Bertz CT molecular complexity index is 1200. The normalized spacial score (nSPS) is 23.8. The molecule has 1 aromatic heterocycles. The number of carbonyl (C=O) groups is 1. The average Bonchev–Trinajstić information content (AvgIpc) is 3.22. The Balaban J connectivity index is 1.65. The molecule has 2 heterocycles. The van der Waals surface area contributed by atoms with E-state index in [1.165, 1.54) is 4.68 Å². The van der Waals surface area contributed by atoms with Gasteiger partial charge in [-0.3, -0.25) is 9.48 Å². The molecule has 12 heteroatoms. The van der Waals surface area contributed by atoms with Crippen LogP contribution in [0.5, 0.6) is 11.6 Å². The van der Waals surface area contributed by atoms with E-state index >= 15 is 0 Å². The van der Waals surface area contributed by atoms with Gasteiger partial charge in [0.15, 0.2) is 0 Å². The lowest BCUT2D eigenvalue weighted by Crippen LogP contribution is -2.60. The molecule has 4 rings (SSSR count). The van der Waals surface area contributed by atoms with Crippen LogP contribution in [0.1, 0.15) is 17.5 Å². The van der Waals surface area contributed by atoms with E-state index in [4.69, 9.17) is 25.7 Å². The second-order valence-corrected chi connectivity index (χ2v) is 8.87. The molecule has 0 bridgehead atoms. The number of aliphatic hydroxyl groups excluding tert-OH is 4. The van der Waals surface area contributed by atoms with Gasteiger partial charge in [0, 0.05) is 0 Å². The van der Waals surface area contributed by atoms with E-state index in [9.17, 15) is 25.2 Å². The first-order valence-corrected chi connectivity index (χ1v) is 12.0. The van der Waals surface area contributed by atoms with Gasteiger partial charge < -0.3 is 46.1 Å². The zero-order valence-corrected chi connectivity index (χ0v) is 20.1. The second-order valence-electron chi connectivity index (χ2n) is 8.87. The lowest BCUT2D eigenvalue weighted by molar-refractivity contribution is -0.278. The van der Waals surface area contributed by atoms with Gasteiger partial charge in [0.1, 0.15) is 36.7 Å². The number of primary amides is 1. The highest BCUT2D eigenvalue weighted by Crippen LogP contribution is 2.33. The van der Waals surface area contributed by atoms with E-state index in [2.05, 4.69) is 5.10 Å². The van der Waals surface area contributed by atoms with Gasteiger partial charge in [-0.15, -0.1) is 5.10 Å². The molecule has 0 radical (unpaired) electrons. The fourth-order valence-corrected chi connectivity index (χ4v) is 4.23. The van der Waals surface area contributed by atoms with Gasteiger partial charge in [0.2, 0.25) is 18.1 Å². The van der Waals surface area contributed by atoms with Crippen molar-refractivity contribution in [3.05, 3.63) is 53.6 Å². The van der Waals surface area contributed by atoms with Crippen molar-refractivity contribution in [2.24, 2.45) is 11.5 Å². The molecule has 1 saturated heterocycles. The SMILES string of the molecule is NCCCOc1ccc(Cc2cccc3c2c(O[C@@H]2O[C@H](CO)[C@@H](O)[C@H](O)[C@H]2O)nn3CC(N)=O)cc1. The Morgan fingerprint density at radius 2 is 1.84 bits per heavy atom. The molecule has 0 unspecified atom stereocenters. The number of carbonyl (C=O) groups excluding carboxylic acids is 1. The van der Waals surface area contributed by atoms with Crippen LogP contribution in [0.2, 0.25) is 0 Å². The van der Waals surface area contributed by atoms with Gasteiger partial charge in [-0.2, -0.15) is 0 Å². The molecular formula is C25H32N4O8. The summed E-state index contributed by atoms with van der Waals surface area (Å²) in [5.74, 6) is 0.161. The standard InChI is InChI=1S/C25H32N4O8/c26-9-2-10-35-16-7-5-14(6-8-16)11-15-3-1-4-17-20(15)24(28-29(17)12-19(27)31)37-25-23(34)22(33)21(32)18(13-30)36-25/h1,3-8,18,21-23,25,30,32-34H,2,9-13,26H2,(H2,27,31)/t18-,21-,22+,23-,25+/m1/s1. The predicted molar refractivity (Wildman–Crippen MR) is 132 cm³/mol. The smallest absolute Gasteiger partial charge is 0.243 e. The summed E-state index contributed by atoms with van der Waals surface area (Å²) in [7, 11) is 0. The molecular weight excluding hydrogens is 484 g/mol. The van der Waals surface area contributed by atoms with Crippen molar-refractivity contribution in [2.45, 2.75) is 50.1 Å². The summed E-state index contributed by atoms with van der Waals surface area (Å²) < 4.78 is 18.4.